The Labute approximate surface area is 780 Å². The minimum absolute atomic E-state index is 0.00579. The zero-order valence-electron chi connectivity index (χ0n) is 90.1. The maximum Gasteiger partial charge on any atom is 0.219 e. The molecule has 14 aliphatic rings. The third-order valence-electron chi connectivity index (χ3n) is 31.8. The van der Waals surface area contributed by atoms with Crippen LogP contribution < -0.4 is 26.6 Å². The summed E-state index contributed by atoms with van der Waals surface area (Å²) in [5, 5.41) is 26.1. The van der Waals surface area contributed by atoms with Gasteiger partial charge < -0.3 is 65.5 Å². The van der Waals surface area contributed by atoms with Crippen LogP contribution in [-0.4, -0.2) is 220 Å². The molecule has 12 saturated heterocycles. The van der Waals surface area contributed by atoms with Crippen molar-refractivity contribution >= 4 is 5.91 Å². The van der Waals surface area contributed by atoms with Gasteiger partial charge in [-0.05, 0) is 366 Å². The molecule has 0 radical (unpaired) electrons. The molecular formula is C110H224FN9O5. The zero-order valence-corrected chi connectivity index (χ0v) is 90.1. The summed E-state index contributed by atoms with van der Waals surface area (Å²) in [4.78, 5) is 20.6. The van der Waals surface area contributed by atoms with Crippen molar-refractivity contribution in [3.05, 3.63) is 0 Å². The first-order valence-corrected chi connectivity index (χ1v) is 53.5. The highest BCUT2D eigenvalue weighted by atomic mass is 19.1. The smallest absolute Gasteiger partial charge is 0.219 e. The molecule has 0 bridgehead atoms. The number of likely N-dealkylation sites (tertiary alicyclic amines) is 4. The van der Waals surface area contributed by atoms with E-state index < -0.39 is 6.17 Å². The van der Waals surface area contributed by atoms with Crippen LogP contribution in [-0.2, 0) is 19.0 Å². The van der Waals surface area contributed by atoms with E-state index >= 15 is 0 Å². The SMILES string of the molecule is CC(=O)N1CCC(C(C)(C)C)CC1.CC(C)(C)C1CCNCC1.CC(C)(C)C1CCOC1.CC(C)(C)C1CCOCC1.CC(C)C1CCCCC1O.CC(C)C1CCN(C)C1.CC(C)C1CCN(C)C1.CC(C)C1CCN(CC2CC2)CC1.CC(C)C1CCN1.CC(C)C1CCNC1.CC(C)C1CCNCC1F.CC(C)C1CCO1.CCC1CNCC1C(C)C. The Hall–Kier alpha value is -1.08. The van der Waals surface area contributed by atoms with Crippen LogP contribution in [0.4, 0.5) is 4.39 Å². The minimum atomic E-state index is -0.617. The van der Waals surface area contributed by atoms with Crippen LogP contribution in [0.25, 0.3) is 0 Å². The molecule has 0 aromatic heterocycles. The number of carbonyl (C=O) groups excluding carboxylic acids is 1. The number of hydrogen-bond donors (Lipinski definition) is 6. The second kappa shape index (κ2) is 64.0. The summed E-state index contributed by atoms with van der Waals surface area (Å²) in [6, 6.07) is 0.833. The highest BCUT2D eigenvalue weighted by Gasteiger charge is 2.35. The van der Waals surface area contributed by atoms with Crippen molar-refractivity contribution in [1.82, 2.24) is 46.2 Å². The van der Waals surface area contributed by atoms with E-state index in [2.05, 4.69) is 270 Å². The van der Waals surface area contributed by atoms with Gasteiger partial charge in [-0.15, -0.1) is 0 Å². The molecule has 12 aliphatic heterocycles. The number of piperidine rings is 4. The molecular weight excluding hydrogens is 1550 g/mol. The minimum Gasteiger partial charge on any atom is -0.393 e. The van der Waals surface area contributed by atoms with Crippen molar-refractivity contribution in [3.63, 3.8) is 0 Å². The quantitative estimate of drug-likeness (QED) is 0.111. The maximum atomic E-state index is 13.0. The Kier molecular flexibility index (Phi) is 61.5. The predicted molar refractivity (Wildman–Crippen MR) is 543 cm³/mol. The van der Waals surface area contributed by atoms with Gasteiger partial charge in [-0.25, -0.2) is 4.39 Å². The van der Waals surface area contributed by atoms with Gasteiger partial charge in [-0.1, -0.05) is 234 Å². The van der Waals surface area contributed by atoms with Gasteiger partial charge >= 0.3 is 0 Å². The van der Waals surface area contributed by atoms with Crippen LogP contribution in [0.2, 0.25) is 0 Å². The Bertz CT molecular complexity index is 2440. The van der Waals surface area contributed by atoms with E-state index in [-0.39, 0.29) is 12.0 Å². The predicted octanol–water partition coefficient (Wildman–Crippen LogP) is 24.2. The highest BCUT2D eigenvalue weighted by Crippen LogP contribution is 2.39. The van der Waals surface area contributed by atoms with Crippen LogP contribution in [0.1, 0.15) is 363 Å². The molecule has 14 fully saturated rings. The number of rotatable bonds is 12. The van der Waals surface area contributed by atoms with Gasteiger partial charge in [-0.2, -0.15) is 0 Å². The lowest BCUT2D eigenvalue weighted by molar-refractivity contribution is -0.130. The molecule has 6 N–H and O–H groups in total. The van der Waals surface area contributed by atoms with E-state index in [9.17, 15) is 14.3 Å². The van der Waals surface area contributed by atoms with Gasteiger partial charge in [0, 0.05) is 85.3 Å². The molecule has 15 heteroatoms. The van der Waals surface area contributed by atoms with E-state index in [1.54, 1.807) is 6.92 Å². The second-order valence-corrected chi connectivity index (χ2v) is 49.1. The maximum absolute atomic E-state index is 13.0. The Morgan fingerprint density at radius 3 is 1.11 bits per heavy atom. The molecule has 0 aromatic carbocycles. The molecule has 1 amide bonds. The number of amides is 1. The molecule has 2 aliphatic carbocycles. The molecule has 12 unspecified atom stereocenters. The van der Waals surface area contributed by atoms with E-state index in [0.29, 0.717) is 58.0 Å². The van der Waals surface area contributed by atoms with E-state index in [0.717, 1.165) is 178 Å². The third-order valence-corrected chi connectivity index (χ3v) is 31.8. The van der Waals surface area contributed by atoms with Crippen molar-refractivity contribution in [2.45, 2.75) is 387 Å². The fraction of sp³-hybridized carbons (Fsp3) is 0.991. The lowest BCUT2D eigenvalue weighted by Crippen LogP contribution is -2.46. The molecule has 0 spiro atoms. The van der Waals surface area contributed by atoms with Crippen LogP contribution in [0.5, 0.6) is 0 Å². The number of aliphatic hydroxyl groups is 1. The summed E-state index contributed by atoms with van der Waals surface area (Å²) in [5.41, 5.74) is 1.88. The van der Waals surface area contributed by atoms with Gasteiger partial charge in [0.15, 0.2) is 0 Å². The van der Waals surface area contributed by atoms with Crippen molar-refractivity contribution in [1.29, 1.82) is 0 Å². The number of alkyl halides is 1. The van der Waals surface area contributed by atoms with Crippen molar-refractivity contribution in [3.8, 4) is 0 Å². The number of carbonyl (C=O) groups is 1. The Morgan fingerprint density at radius 1 is 0.400 bits per heavy atom. The van der Waals surface area contributed by atoms with E-state index in [4.69, 9.17) is 14.2 Å². The first kappa shape index (κ1) is 120. The standard InChI is InChI=1S/C12H23N.C11H21NO.2C9H19N.2C9H18O.C8H16FN.2C8H17N.C8H16O.C7H15N.C6H13N.C6H12O/c1-10(2)12-5-7-13(8-6-12)9-11-3-4-11;1-9(13)12-7-5-10(6-8-12)11(2,3)4;1-9(2,3)8-4-6-10-7-5-8;1-4-8-5-10-6-9(8)7(2)3;1-9(2,3)8-4-6-10-7-5-8;1-7(2)8-5-3-4-6-9(8)10;1-6(2)7-3-4-10-5-8(7)9;2*1-7(2)8-4-5-9(3)6-8;1-8(2,3)7-4-5-9-6-7;1-6(2)7-3-4-8-5-7;2*1-5(2)6-3-4-7-6/h10-12H,3-9H2,1-2H3;10H,5-8H2,1-4H3;8,10H,4-7H2,1-3H3;7-10H,4-6H2,1-3H3;8H,4-7H2,1-3H3;7-10H,3-6H2,1-2H3;6-8,10H,3-5H2,1-2H3;2*7-8H,4-6H2,1-3H3;7H,4-6H2,1-3H3;6-8H,3-5H2,1-2H3;5-7H,3-4H2,1-2H3;5-6H,3-4H2,1-2H3. The van der Waals surface area contributed by atoms with Gasteiger partial charge in [0.05, 0.1) is 12.2 Å². The summed E-state index contributed by atoms with van der Waals surface area (Å²) in [6.45, 7) is 99.0. The number of hydrogen-bond acceptors (Lipinski definition) is 13. The zero-order chi connectivity index (χ0) is 94.4. The molecule has 14 rings (SSSR count). The second-order valence-electron chi connectivity index (χ2n) is 49.1. The summed E-state index contributed by atoms with van der Waals surface area (Å²) in [6.07, 6.45) is 28.7. The van der Waals surface area contributed by atoms with Crippen LogP contribution in [0.15, 0.2) is 0 Å². The molecule has 14 nitrogen and oxygen atoms in total. The van der Waals surface area contributed by atoms with Crippen molar-refractivity contribution in [2.24, 2.45) is 152 Å². The molecule has 125 heavy (non-hydrogen) atoms. The first-order chi connectivity index (χ1) is 58.5. The normalized spacial score (nSPS) is 28.6. The lowest BCUT2D eigenvalue weighted by atomic mass is 9.75. The number of ether oxygens (including phenoxy) is 3. The van der Waals surface area contributed by atoms with Crippen molar-refractivity contribution < 1.29 is 28.5 Å². The summed E-state index contributed by atoms with van der Waals surface area (Å²) in [7, 11) is 4.42. The number of nitrogens with one attached hydrogen (secondary N) is 5. The fourth-order valence-corrected chi connectivity index (χ4v) is 20.4. The Morgan fingerprint density at radius 2 is 0.840 bits per heavy atom. The van der Waals surface area contributed by atoms with Crippen LogP contribution >= 0.6 is 0 Å². The first-order valence-electron chi connectivity index (χ1n) is 53.5. The van der Waals surface area contributed by atoms with E-state index in [1.807, 2.05) is 4.90 Å². The number of halogens is 1. The highest BCUT2D eigenvalue weighted by molar-refractivity contribution is 5.73. The summed E-state index contributed by atoms with van der Waals surface area (Å²) < 4.78 is 28.8. The largest absolute Gasteiger partial charge is 0.393 e. The molecule has 12 atom stereocenters. The van der Waals surface area contributed by atoms with Crippen LogP contribution in [0.3, 0.4) is 0 Å². The summed E-state index contributed by atoms with van der Waals surface area (Å²) in [5.74, 6) is 18.5. The van der Waals surface area contributed by atoms with E-state index in [1.165, 1.54) is 220 Å². The Balaban J connectivity index is 0.000000460. The average Bonchev–Trinajstić information content (AvgIpc) is 1.83. The summed E-state index contributed by atoms with van der Waals surface area (Å²) >= 11 is 0. The fourth-order valence-electron chi connectivity index (χ4n) is 20.4. The van der Waals surface area contributed by atoms with Gasteiger partial charge in [0.2, 0.25) is 5.91 Å². The van der Waals surface area contributed by atoms with Gasteiger partial charge in [0.25, 0.3) is 0 Å². The number of aliphatic hydroxyl groups excluding tert-OH is 1. The molecule has 746 valence electrons. The topological polar surface area (TPSA) is 138 Å². The van der Waals surface area contributed by atoms with Gasteiger partial charge in [-0.3, -0.25) is 4.79 Å². The average molecular weight is 1770 g/mol. The monoisotopic (exact) mass is 1770 g/mol. The molecule has 2 saturated carbocycles. The number of nitrogens with zero attached hydrogens (tertiary/aromatic N) is 4. The van der Waals surface area contributed by atoms with Gasteiger partial charge in [0.1, 0.15) is 6.17 Å². The van der Waals surface area contributed by atoms with Crippen molar-refractivity contribution in [2.75, 3.05) is 165 Å². The lowest BCUT2D eigenvalue weighted by Gasteiger charge is -2.38. The third kappa shape index (κ3) is 53.1. The molecule has 0 aromatic rings. The van der Waals surface area contributed by atoms with Crippen LogP contribution in [0, 0.1) is 152 Å². The molecule has 12 heterocycles.